The molecule has 2 fully saturated rings. The molecule has 15 heteroatoms. The number of aliphatic imine (C=N–C) groups is 1. The molecule has 7 rings (SSSR count). The Morgan fingerprint density at radius 1 is 1.09 bits per heavy atom. The first-order valence-electron chi connectivity index (χ1n) is 23.0. The highest BCUT2D eigenvalue weighted by Gasteiger charge is 2.45. The van der Waals surface area contributed by atoms with Crippen LogP contribution >= 0.6 is 0 Å². The smallest absolute Gasteiger partial charge is 0.324 e. The summed E-state index contributed by atoms with van der Waals surface area (Å²) in [5, 5.41) is 6.95. The van der Waals surface area contributed by atoms with Gasteiger partial charge < -0.3 is 24.3 Å². The molecular formula is C50H65N8O7+. The molecular weight excluding hydrogens is 825 g/mol. The number of methoxy groups -OCH3 is 1. The van der Waals surface area contributed by atoms with Crippen LogP contribution in [0.3, 0.4) is 0 Å². The van der Waals surface area contributed by atoms with E-state index in [0.717, 1.165) is 67.8 Å². The van der Waals surface area contributed by atoms with Crippen LogP contribution in [0.2, 0.25) is 0 Å². The van der Waals surface area contributed by atoms with Crippen molar-refractivity contribution in [3.05, 3.63) is 69.9 Å². The van der Waals surface area contributed by atoms with Gasteiger partial charge in [0.25, 0.3) is 17.9 Å². The number of hydrazine groups is 2. The monoisotopic (exact) mass is 889 g/mol. The second-order valence-corrected chi connectivity index (χ2v) is 19.1. The Kier molecular flexibility index (Phi) is 14.3. The average molecular weight is 890 g/mol. The Labute approximate surface area is 382 Å². The number of carbonyl (C=O) groups excluding carboxylic acids is 4. The maximum Gasteiger partial charge on any atom is 0.324 e. The van der Waals surface area contributed by atoms with E-state index in [-0.39, 0.29) is 37.5 Å². The third-order valence-electron chi connectivity index (χ3n) is 13.3. The number of likely N-dealkylation sites (tertiary alicyclic amines) is 1. The molecule has 0 saturated carbocycles. The number of allylic oxidation sites excluding steroid dienone is 1. The molecule has 4 aliphatic heterocycles. The number of nitrogens with one attached hydrogen (secondary N) is 2. The second-order valence-electron chi connectivity index (χ2n) is 19.1. The maximum atomic E-state index is 14.7. The fourth-order valence-corrected chi connectivity index (χ4v) is 9.89. The van der Waals surface area contributed by atoms with Crippen molar-refractivity contribution in [2.45, 2.75) is 117 Å². The third-order valence-corrected chi connectivity index (χ3v) is 13.3. The summed E-state index contributed by atoms with van der Waals surface area (Å²) in [7, 11) is 5.37. The first kappa shape index (κ1) is 47.1. The predicted molar refractivity (Wildman–Crippen MR) is 250 cm³/mol. The maximum absolute atomic E-state index is 14.7. The Balaban J connectivity index is 1.26. The number of hydrogen-bond acceptors (Lipinski definition) is 9. The van der Waals surface area contributed by atoms with Crippen LogP contribution in [0.5, 0.6) is 0 Å². The summed E-state index contributed by atoms with van der Waals surface area (Å²) in [6.07, 6.45) is 5.60. The number of nitroso groups, excluding NO2 is 1. The molecule has 65 heavy (non-hydrogen) atoms. The van der Waals surface area contributed by atoms with Gasteiger partial charge in [0.05, 0.1) is 36.9 Å². The van der Waals surface area contributed by atoms with Crippen LogP contribution < -0.4 is 10.7 Å². The lowest BCUT2D eigenvalue weighted by Gasteiger charge is -2.36. The van der Waals surface area contributed by atoms with Crippen molar-refractivity contribution in [3.8, 4) is 23.0 Å². The molecule has 6 bridgehead atoms. The summed E-state index contributed by atoms with van der Waals surface area (Å²) in [4.78, 5) is 76.6. The van der Waals surface area contributed by atoms with Gasteiger partial charge in [-0.25, -0.2) is 5.43 Å². The number of aromatic nitrogens is 1. The lowest BCUT2D eigenvalue weighted by molar-refractivity contribution is -0.732. The highest BCUT2D eigenvalue weighted by Crippen LogP contribution is 2.41. The molecule has 0 spiro atoms. The Bertz CT molecular complexity index is 2480. The number of rotatable bonds is 9. The molecule has 2 saturated heterocycles. The van der Waals surface area contributed by atoms with E-state index < -0.39 is 47.4 Å². The van der Waals surface area contributed by atoms with Crippen molar-refractivity contribution in [1.82, 2.24) is 30.2 Å². The van der Waals surface area contributed by atoms with E-state index in [1.54, 1.807) is 26.0 Å². The molecule has 15 nitrogen and oxygen atoms in total. The molecule has 0 radical (unpaired) electrons. The number of nitrogens with zero attached hydrogens (tertiary/aromatic N) is 6. The normalized spacial score (nSPS) is 22.2. The molecule has 5 atom stereocenters. The fourth-order valence-electron chi connectivity index (χ4n) is 9.89. The number of likely N-dealkylation sites (N-methyl/N-ethyl adjacent to an activating group) is 1. The highest BCUT2D eigenvalue weighted by atomic mass is 16.5. The summed E-state index contributed by atoms with van der Waals surface area (Å²) in [5.41, 5.74) is 10.8. The van der Waals surface area contributed by atoms with E-state index in [2.05, 4.69) is 78.4 Å². The van der Waals surface area contributed by atoms with Crippen LogP contribution in [0.4, 0.5) is 0 Å². The standard InChI is InChI=1S/C50H64N8O7/c1-10-14-43(59)56-24-21-36(29-56)58(63)55(8)45(31(2)3)47(60)52-41-26-33-15-11-16-34(25-33)35-19-20-42-38(27-35)39(46(54(42)7)37-17-12-22-51-44(37)32(4)64-9)28-50(5,6)30-65-49(62)40-18-13-23-57(53-40)48(41)61/h11,15-16,19-20,22,25,27,31-32,36,40-41,45,53H,12-13,17-18,21,23-24,26,28-30H2,1-9H3/p+1/t32-,36-,40-,41-,45-/m0/s1. The van der Waals surface area contributed by atoms with Crippen molar-refractivity contribution in [3.63, 3.8) is 0 Å². The minimum atomic E-state index is -1.05. The van der Waals surface area contributed by atoms with Gasteiger partial charge >= 0.3 is 5.97 Å². The second kappa shape index (κ2) is 19.7. The lowest BCUT2D eigenvalue weighted by Crippen LogP contribution is -2.62. The van der Waals surface area contributed by atoms with Crippen LogP contribution in [-0.2, 0) is 48.5 Å². The number of esters is 1. The zero-order valence-corrected chi connectivity index (χ0v) is 39.4. The first-order valence-corrected chi connectivity index (χ1v) is 23.0. The van der Waals surface area contributed by atoms with Gasteiger partial charge in [-0.05, 0) is 92.2 Å². The molecule has 4 aliphatic rings. The van der Waals surface area contributed by atoms with Gasteiger partial charge in [0, 0.05) is 73.9 Å². The number of cyclic esters (lactones) is 1. The minimum Gasteiger partial charge on any atom is -0.464 e. The van der Waals surface area contributed by atoms with Crippen molar-refractivity contribution >= 4 is 46.4 Å². The number of ether oxygens (including phenoxy) is 2. The van der Waals surface area contributed by atoms with Gasteiger partial charge in [0.2, 0.25) is 5.91 Å². The number of amides is 3. The van der Waals surface area contributed by atoms with E-state index in [4.69, 9.17) is 14.5 Å². The van der Waals surface area contributed by atoms with Crippen LogP contribution in [0.25, 0.3) is 27.6 Å². The summed E-state index contributed by atoms with van der Waals surface area (Å²) in [6, 6.07) is 11.2. The largest absolute Gasteiger partial charge is 0.464 e. The lowest BCUT2D eigenvalue weighted by atomic mass is 9.83. The highest BCUT2D eigenvalue weighted by molar-refractivity contribution is 5.95. The minimum absolute atomic E-state index is 0.145. The summed E-state index contributed by atoms with van der Waals surface area (Å²) >= 11 is 0. The van der Waals surface area contributed by atoms with Crippen LogP contribution in [0.15, 0.2) is 53.2 Å². The molecule has 3 aromatic rings. The quantitative estimate of drug-likeness (QED) is 0.125. The number of aryl methyl sites for hydroxylation is 1. The van der Waals surface area contributed by atoms with E-state index >= 15 is 0 Å². The van der Waals surface area contributed by atoms with Gasteiger partial charge in [-0.15, -0.1) is 5.01 Å². The topological polar surface area (TPSA) is 158 Å². The summed E-state index contributed by atoms with van der Waals surface area (Å²) in [5.74, 6) is 3.16. The fraction of sp³-hybridized carbons (Fsp3) is 0.540. The number of fused-ring (bicyclic) bond motifs is 6. The number of hydrogen-bond donors (Lipinski definition) is 2. The molecule has 2 aromatic carbocycles. The molecule has 3 amide bonds. The van der Waals surface area contributed by atoms with Crippen LogP contribution in [-0.4, -0.2) is 125 Å². The number of carbonyl (C=O) groups is 4. The van der Waals surface area contributed by atoms with Crippen LogP contribution in [0.1, 0.15) is 90.5 Å². The Morgan fingerprint density at radius 2 is 1.86 bits per heavy atom. The predicted octanol–water partition coefficient (Wildman–Crippen LogP) is 5.38. The molecule has 0 unspecified atom stereocenters. The van der Waals surface area contributed by atoms with Gasteiger partial charge in [-0.1, -0.05) is 63.9 Å². The molecule has 2 N–H and O–H groups in total. The summed E-state index contributed by atoms with van der Waals surface area (Å²) in [6.45, 7) is 12.6. The molecule has 5 heterocycles. The molecule has 1 aromatic heterocycles. The van der Waals surface area contributed by atoms with E-state index in [9.17, 15) is 24.1 Å². The molecule has 0 aliphatic carbocycles. The van der Waals surface area contributed by atoms with Gasteiger partial charge in [0.15, 0.2) is 6.04 Å². The Hall–Kier alpha value is -5.85. The van der Waals surface area contributed by atoms with Gasteiger partial charge in [-0.3, -0.25) is 29.2 Å². The van der Waals surface area contributed by atoms with Crippen molar-refractivity contribution in [2.75, 3.05) is 40.4 Å². The third kappa shape index (κ3) is 10.0. The van der Waals surface area contributed by atoms with Crippen molar-refractivity contribution in [1.29, 1.82) is 0 Å². The number of benzene rings is 2. The van der Waals surface area contributed by atoms with E-state index in [0.29, 0.717) is 38.8 Å². The van der Waals surface area contributed by atoms with E-state index in [1.807, 2.05) is 39.1 Å². The SMILES string of the molecule is CC#CC(=O)N1CC[C@H]([N+](=O)N(C)[C@H](C(=O)N[C@H]2Cc3cccc(c3)-c3ccc4c(c3)c(c(C3=C([C@H](C)OC)N=CCC3)n4C)CC(C)(C)COC(=O)[C@@H]3CCCN(N3)C2=O)C(C)C)C1. The Morgan fingerprint density at radius 3 is 2.60 bits per heavy atom. The van der Waals surface area contributed by atoms with Gasteiger partial charge in [-0.2, -0.15) is 0 Å². The van der Waals surface area contributed by atoms with Crippen LogP contribution in [0, 0.1) is 28.1 Å². The summed E-state index contributed by atoms with van der Waals surface area (Å²) < 4.78 is 14.2. The van der Waals surface area contributed by atoms with Crippen molar-refractivity contribution < 1.29 is 33.5 Å². The average Bonchev–Trinajstić information content (AvgIpc) is 3.89. The molecule has 346 valence electrons. The zero-order valence-electron chi connectivity index (χ0n) is 39.4. The first-order chi connectivity index (χ1) is 31.0. The van der Waals surface area contributed by atoms with Gasteiger partial charge in [0.1, 0.15) is 17.0 Å². The van der Waals surface area contributed by atoms with E-state index in [1.165, 1.54) is 10.0 Å². The zero-order chi connectivity index (χ0) is 46.7. The van der Waals surface area contributed by atoms with Crippen molar-refractivity contribution in [2.24, 2.45) is 23.4 Å².